The van der Waals surface area contributed by atoms with Crippen molar-refractivity contribution >= 4 is 17.9 Å². The molecule has 1 heterocycles. The second-order valence-electron chi connectivity index (χ2n) is 8.31. The molecule has 1 aliphatic heterocycles. The van der Waals surface area contributed by atoms with Crippen LogP contribution in [-0.4, -0.2) is 53.4 Å². The van der Waals surface area contributed by atoms with Crippen LogP contribution >= 0.6 is 0 Å². The van der Waals surface area contributed by atoms with Crippen LogP contribution in [0.3, 0.4) is 0 Å². The third-order valence-electron chi connectivity index (χ3n) is 5.77. The van der Waals surface area contributed by atoms with E-state index in [2.05, 4.69) is 42.7 Å². The van der Waals surface area contributed by atoms with E-state index < -0.39 is 5.60 Å². The molecular formula is C23H31N3O2. The van der Waals surface area contributed by atoms with Gasteiger partial charge in [0.1, 0.15) is 5.60 Å². The standard InChI is InChI=1S/C23H31N3O2/c1-6-23(4,5)28-22(27)26-13-11-25(12-14-26)21-19-10-7-16(2)15-18(19)9-8-17(3)20(21)24/h7-10,15,21,24H,3,6,11-14H2,1-2,4-5H3. The number of benzene rings is 1. The Hall–Kier alpha value is -2.40. The van der Waals surface area contributed by atoms with E-state index in [1.165, 1.54) is 5.56 Å². The molecule has 0 radical (unpaired) electrons. The molecule has 0 spiro atoms. The number of hydrogen-bond donors (Lipinski definition) is 1. The van der Waals surface area contributed by atoms with E-state index in [1.807, 2.05) is 26.8 Å². The molecule has 1 aromatic carbocycles. The summed E-state index contributed by atoms with van der Waals surface area (Å²) in [7, 11) is 0. The van der Waals surface area contributed by atoms with E-state index in [-0.39, 0.29) is 12.1 Å². The van der Waals surface area contributed by atoms with Crippen LogP contribution in [0.1, 0.15) is 49.9 Å². The summed E-state index contributed by atoms with van der Waals surface area (Å²) >= 11 is 0. The van der Waals surface area contributed by atoms with Gasteiger partial charge in [-0.3, -0.25) is 4.90 Å². The number of nitrogens with one attached hydrogen (secondary N) is 1. The molecule has 1 atom stereocenters. The first-order chi connectivity index (χ1) is 13.2. The third-order valence-corrected chi connectivity index (χ3v) is 5.77. The highest BCUT2D eigenvalue weighted by molar-refractivity contribution is 6.06. The zero-order valence-corrected chi connectivity index (χ0v) is 17.4. The largest absolute Gasteiger partial charge is 0.443 e. The van der Waals surface area contributed by atoms with Crippen LogP contribution in [0.2, 0.25) is 0 Å². The second-order valence-corrected chi connectivity index (χ2v) is 8.31. The Morgan fingerprint density at radius 1 is 1.25 bits per heavy atom. The number of amides is 1. The van der Waals surface area contributed by atoms with Gasteiger partial charge in [-0.2, -0.15) is 0 Å². The van der Waals surface area contributed by atoms with Crippen molar-refractivity contribution in [3.05, 3.63) is 53.1 Å². The summed E-state index contributed by atoms with van der Waals surface area (Å²) in [5.41, 5.74) is 4.30. The fourth-order valence-electron chi connectivity index (χ4n) is 3.61. The molecule has 0 aromatic heterocycles. The highest BCUT2D eigenvalue weighted by atomic mass is 16.6. The van der Waals surface area contributed by atoms with E-state index in [1.54, 1.807) is 4.90 Å². The van der Waals surface area contributed by atoms with Crippen molar-refractivity contribution in [2.24, 2.45) is 0 Å². The molecule has 5 heteroatoms. The van der Waals surface area contributed by atoms with E-state index >= 15 is 0 Å². The monoisotopic (exact) mass is 381 g/mol. The second kappa shape index (κ2) is 7.92. The number of fused-ring (bicyclic) bond motifs is 1. The highest BCUT2D eigenvalue weighted by Gasteiger charge is 2.33. The average Bonchev–Trinajstić information content (AvgIpc) is 2.78. The van der Waals surface area contributed by atoms with E-state index in [0.29, 0.717) is 31.9 Å². The van der Waals surface area contributed by atoms with Gasteiger partial charge in [-0.05, 0) is 43.9 Å². The van der Waals surface area contributed by atoms with Gasteiger partial charge in [0.05, 0.1) is 11.8 Å². The summed E-state index contributed by atoms with van der Waals surface area (Å²) in [5.74, 6) is 0. The van der Waals surface area contributed by atoms with Gasteiger partial charge < -0.3 is 15.0 Å². The van der Waals surface area contributed by atoms with Gasteiger partial charge >= 0.3 is 6.09 Å². The van der Waals surface area contributed by atoms with Crippen molar-refractivity contribution in [1.29, 1.82) is 5.41 Å². The van der Waals surface area contributed by atoms with Gasteiger partial charge in [0.25, 0.3) is 0 Å². The average molecular weight is 382 g/mol. The maximum atomic E-state index is 12.5. The first-order valence-electron chi connectivity index (χ1n) is 10.00. The molecule has 150 valence electrons. The maximum absolute atomic E-state index is 12.5. The summed E-state index contributed by atoms with van der Waals surface area (Å²) in [6.07, 6.45) is 4.52. The normalized spacial score (nSPS) is 20.7. The first-order valence-corrected chi connectivity index (χ1v) is 10.00. The van der Waals surface area contributed by atoms with Crippen molar-refractivity contribution in [2.45, 2.75) is 45.8 Å². The Kier molecular flexibility index (Phi) is 5.75. The molecule has 0 saturated carbocycles. The SMILES string of the molecule is C=C1C=Cc2cc(C)ccc2C(N2CCN(C(=O)OC(C)(C)CC)CC2)C1=N. The highest BCUT2D eigenvalue weighted by Crippen LogP contribution is 2.33. The van der Waals surface area contributed by atoms with Crippen LogP contribution in [0.5, 0.6) is 0 Å². The number of rotatable bonds is 3. The lowest BCUT2D eigenvalue weighted by Crippen LogP contribution is -2.52. The van der Waals surface area contributed by atoms with Crippen molar-refractivity contribution in [2.75, 3.05) is 26.2 Å². The Morgan fingerprint density at radius 3 is 2.57 bits per heavy atom. The number of carbonyl (C=O) groups excluding carboxylic acids is 1. The van der Waals surface area contributed by atoms with Crippen molar-refractivity contribution < 1.29 is 9.53 Å². The molecule has 1 aromatic rings. The molecular weight excluding hydrogens is 350 g/mol. The van der Waals surface area contributed by atoms with Gasteiger partial charge in [-0.1, -0.05) is 49.4 Å². The number of carbonyl (C=O) groups is 1. The molecule has 1 N–H and O–H groups in total. The molecule has 1 aliphatic carbocycles. The number of piperazine rings is 1. The molecule has 5 nitrogen and oxygen atoms in total. The molecule has 1 saturated heterocycles. The molecule has 1 amide bonds. The number of allylic oxidation sites excluding steroid dienone is 1. The molecule has 28 heavy (non-hydrogen) atoms. The zero-order valence-electron chi connectivity index (χ0n) is 17.4. The Bertz CT molecular complexity index is 817. The van der Waals surface area contributed by atoms with Crippen LogP contribution in [0, 0.1) is 12.3 Å². The fraction of sp³-hybridized carbons (Fsp3) is 0.478. The van der Waals surface area contributed by atoms with Crippen molar-refractivity contribution in [1.82, 2.24) is 9.80 Å². The van der Waals surface area contributed by atoms with E-state index in [0.717, 1.165) is 23.1 Å². The van der Waals surface area contributed by atoms with Gasteiger partial charge in [0.2, 0.25) is 0 Å². The first kappa shape index (κ1) is 20.3. The minimum absolute atomic E-state index is 0.136. The number of aryl methyl sites for hydroxylation is 1. The predicted molar refractivity (Wildman–Crippen MR) is 114 cm³/mol. The van der Waals surface area contributed by atoms with Gasteiger partial charge in [-0.15, -0.1) is 0 Å². The number of hydrogen-bond acceptors (Lipinski definition) is 4. The summed E-state index contributed by atoms with van der Waals surface area (Å²) < 4.78 is 5.64. The van der Waals surface area contributed by atoms with Gasteiger partial charge in [0, 0.05) is 26.2 Å². The van der Waals surface area contributed by atoms with Gasteiger partial charge in [0.15, 0.2) is 0 Å². The quantitative estimate of drug-likeness (QED) is 0.834. The molecule has 1 fully saturated rings. The van der Waals surface area contributed by atoms with Crippen LogP contribution in [0.4, 0.5) is 4.79 Å². The minimum Gasteiger partial charge on any atom is -0.443 e. The molecule has 1 unspecified atom stereocenters. The van der Waals surface area contributed by atoms with E-state index in [9.17, 15) is 4.79 Å². The maximum Gasteiger partial charge on any atom is 0.410 e. The summed E-state index contributed by atoms with van der Waals surface area (Å²) in [4.78, 5) is 16.5. The third kappa shape index (κ3) is 4.20. The van der Waals surface area contributed by atoms with E-state index in [4.69, 9.17) is 10.1 Å². The Balaban J connectivity index is 1.76. The minimum atomic E-state index is -0.447. The van der Waals surface area contributed by atoms with Crippen LogP contribution < -0.4 is 0 Å². The van der Waals surface area contributed by atoms with Crippen molar-refractivity contribution in [3.63, 3.8) is 0 Å². The summed E-state index contributed by atoms with van der Waals surface area (Å²) in [6, 6.07) is 6.24. The Morgan fingerprint density at radius 2 is 1.93 bits per heavy atom. The topological polar surface area (TPSA) is 56.6 Å². The number of ether oxygens (including phenoxy) is 1. The molecule has 2 aliphatic rings. The predicted octanol–water partition coefficient (Wildman–Crippen LogP) is 4.58. The summed E-state index contributed by atoms with van der Waals surface area (Å²) in [6.45, 7) is 14.7. The lowest BCUT2D eigenvalue weighted by Gasteiger charge is -2.40. The smallest absolute Gasteiger partial charge is 0.410 e. The lowest BCUT2D eigenvalue weighted by atomic mass is 9.93. The van der Waals surface area contributed by atoms with Crippen LogP contribution in [-0.2, 0) is 4.74 Å². The Labute approximate surface area is 168 Å². The zero-order chi connectivity index (χ0) is 20.5. The van der Waals surface area contributed by atoms with Crippen LogP contribution in [0.15, 0.2) is 36.4 Å². The lowest BCUT2D eigenvalue weighted by molar-refractivity contribution is 0.00131. The molecule has 0 bridgehead atoms. The fourth-order valence-corrected chi connectivity index (χ4v) is 3.61. The number of nitrogens with zero attached hydrogens (tertiary/aromatic N) is 2. The summed E-state index contributed by atoms with van der Waals surface area (Å²) in [5, 5.41) is 8.69. The van der Waals surface area contributed by atoms with Crippen molar-refractivity contribution in [3.8, 4) is 0 Å². The molecule has 3 rings (SSSR count). The van der Waals surface area contributed by atoms with Crippen LogP contribution in [0.25, 0.3) is 6.08 Å². The van der Waals surface area contributed by atoms with Gasteiger partial charge in [-0.25, -0.2) is 4.79 Å².